The van der Waals surface area contributed by atoms with Crippen LogP contribution in [-0.4, -0.2) is 30.6 Å². The van der Waals surface area contributed by atoms with Gasteiger partial charge in [-0.2, -0.15) is 0 Å². The number of anilines is 1. The highest BCUT2D eigenvalue weighted by molar-refractivity contribution is 5.76. The molecular formula is C14H23N3O2. The molecule has 0 radical (unpaired) electrons. The van der Waals surface area contributed by atoms with Crippen LogP contribution < -0.4 is 15.4 Å². The van der Waals surface area contributed by atoms with E-state index in [9.17, 15) is 4.79 Å². The Morgan fingerprint density at radius 2 is 2.16 bits per heavy atom. The fourth-order valence-electron chi connectivity index (χ4n) is 1.50. The second kappa shape index (κ2) is 9.19. The smallest absolute Gasteiger partial charge is 0.221 e. The summed E-state index contributed by atoms with van der Waals surface area (Å²) in [5.41, 5.74) is 0. The van der Waals surface area contributed by atoms with Gasteiger partial charge in [-0.15, -0.1) is 0 Å². The second-order valence-electron chi connectivity index (χ2n) is 4.23. The van der Waals surface area contributed by atoms with Crippen LogP contribution in [0.5, 0.6) is 5.75 Å². The summed E-state index contributed by atoms with van der Waals surface area (Å²) in [5, 5.41) is 5.97. The molecule has 2 N–H and O–H groups in total. The molecule has 0 atom stereocenters. The van der Waals surface area contributed by atoms with Crippen molar-refractivity contribution in [2.24, 2.45) is 0 Å². The number of nitrogens with one attached hydrogen (secondary N) is 2. The third kappa shape index (κ3) is 6.08. The van der Waals surface area contributed by atoms with E-state index in [1.807, 2.05) is 19.1 Å². The predicted molar refractivity (Wildman–Crippen MR) is 76.4 cm³/mol. The molecule has 0 saturated carbocycles. The van der Waals surface area contributed by atoms with E-state index in [0.29, 0.717) is 25.4 Å². The molecule has 1 aromatic rings. The number of rotatable bonds is 9. The van der Waals surface area contributed by atoms with Crippen LogP contribution in [-0.2, 0) is 4.79 Å². The molecule has 0 unspecified atom stereocenters. The molecule has 1 amide bonds. The lowest BCUT2D eigenvalue weighted by atomic mass is 10.3. The van der Waals surface area contributed by atoms with Crippen LogP contribution >= 0.6 is 0 Å². The summed E-state index contributed by atoms with van der Waals surface area (Å²) in [6.45, 7) is 6.03. The SMILES string of the molecule is CCCNC(=O)CCNc1ncccc1OCCC. The number of hydrogen-bond acceptors (Lipinski definition) is 4. The minimum Gasteiger partial charge on any atom is -0.490 e. The molecule has 0 fully saturated rings. The summed E-state index contributed by atoms with van der Waals surface area (Å²) in [4.78, 5) is 15.7. The number of carbonyl (C=O) groups excluding carboxylic acids is 1. The minimum atomic E-state index is 0.0568. The molecule has 0 spiro atoms. The zero-order valence-corrected chi connectivity index (χ0v) is 11.7. The van der Waals surface area contributed by atoms with Crippen LogP contribution in [0.15, 0.2) is 18.3 Å². The highest BCUT2D eigenvalue weighted by Crippen LogP contribution is 2.20. The highest BCUT2D eigenvalue weighted by atomic mass is 16.5. The monoisotopic (exact) mass is 265 g/mol. The van der Waals surface area contributed by atoms with Gasteiger partial charge in [-0.25, -0.2) is 4.98 Å². The maximum Gasteiger partial charge on any atom is 0.221 e. The van der Waals surface area contributed by atoms with E-state index in [4.69, 9.17) is 4.74 Å². The van der Waals surface area contributed by atoms with Crippen molar-refractivity contribution in [3.05, 3.63) is 18.3 Å². The summed E-state index contributed by atoms with van der Waals surface area (Å²) < 4.78 is 5.58. The molecule has 5 nitrogen and oxygen atoms in total. The average molecular weight is 265 g/mol. The Kier molecular flexibility index (Phi) is 7.39. The Bertz CT molecular complexity index is 383. The Balaban J connectivity index is 2.37. The van der Waals surface area contributed by atoms with E-state index in [1.165, 1.54) is 0 Å². The fraction of sp³-hybridized carbons (Fsp3) is 0.571. The number of hydrogen-bond donors (Lipinski definition) is 2. The first-order valence-corrected chi connectivity index (χ1v) is 6.86. The van der Waals surface area contributed by atoms with Crippen molar-refractivity contribution in [1.29, 1.82) is 0 Å². The molecule has 0 saturated heterocycles. The Morgan fingerprint density at radius 3 is 2.89 bits per heavy atom. The van der Waals surface area contributed by atoms with Crippen molar-refractivity contribution >= 4 is 11.7 Å². The molecule has 0 aliphatic heterocycles. The van der Waals surface area contributed by atoms with E-state index in [0.717, 1.165) is 25.1 Å². The first kappa shape index (κ1) is 15.3. The van der Waals surface area contributed by atoms with Gasteiger partial charge in [-0.1, -0.05) is 13.8 Å². The predicted octanol–water partition coefficient (Wildman–Crippen LogP) is 2.20. The van der Waals surface area contributed by atoms with Gasteiger partial charge in [-0.05, 0) is 25.0 Å². The standard InChI is InChI=1S/C14H23N3O2/c1-3-8-15-13(18)7-10-17-14-12(19-11-4-2)6-5-9-16-14/h5-6,9H,3-4,7-8,10-11H2,1-2H3,(H,15,18)(H,16,17). The molecule has 0 aliphatic carbocycles. The molecule has 1 heterocycles. The summed E-state index contributed by atoms with van der Waals surface area (Å²) in [6, 6.07) is 3.71. The molecule has 0 aromatic carbocycles. The van der Waals surface area contributed by atoms with Crippen LogP contribution in [0.3, 0.4) is 0 Å². The van der Waals surface area contributed by atoms with Gasteiger partial charge in [0, 0.05) is 25.7 Å². The van der Waals surface area contributed by atoms with E-state index < -0.39 is 0 Å². The van der Waals surface area contributed by atoms with Gasteiger partial charge in [0.15, 0.2) is 11.6 Å². The van der Waals surface area contributed by atoms with Gasteiger partial charge in [0.1, 0.15) is 0 Å². The molecule has 1 rings (SSSR count). The lowest BCUT2D eigenvalue weighted by molar-refractivity contribution is -0.120. The normalized spacial score (nSPS) is 10.0. The Morgan fingerprint density at radius 1 is 1.32 bits per heavy atom. The number of nitrogens with zero attached hydrogens (tertiary/aromatic N) is 1. The highest BCUT2D eigenvalue weighted by Gasteiger charge is 2.05. The third-order valence-corrected chi connectivity index (χ3v) is 2.45. The Hall–Kier alpha value is -1.78. The lowest BCUT2D eigenvalue weighted by Gasteiger charge is -2.11. The molecule has 106 valence electrons. The first-order chi connectivity index (χ1) is 9.27. The van der Waals surface area contributed by atoms with Gasteiger partial charge < -0.3 is 15.4 Å². The van der Waals surface area contributed by atoms with E-state index in [2.05, 4.69) is 22.5 Å². The number of ether oxygens (including phenoxy) is 1. The summed E-state index contributed by atoms with van der Waals surface area (Å²) >= 11 is 0. The summed E-state index contributed by atoms with van der Waals surface area (Å²) in [6.07, 6.45) is 4.05. The minimum absolute atomic E-state index is 0.0568. The molecule has 5 heteroatoms. The molecule has 19 heavy (non-hydrogen) atoms. The third-order valence-electron chi connectivity index (χ3n) is 2.45. The van der Waals surface area contributed by atoms with Crippen LogP contribution in [0.25, 0.3) is 0 Å². The van der Waals surface area contributed by atoms with Crippen molar-refractivity contribution in [2.75, 3.05) is 25.0 Å². The zero-order chi connectivity index (χ0) is 13.9. The van der Waals surface area contributed by atoms with E-state index >= 15 is 0 Å². The summed E-state index contributed by atoms with van der Waals surface area (Å²) in [7, 11) is 0. The van der Waals surface area contributed by atoms with Crippen molar-refractivity contribution in [3.8, 4) is 5.75 Å². The van der Waals surface area contributed by atoms with Crippen LogP contribution in [0.4, 0.5) is 5.82 Å². The number of amides is 1. The van der Waals surface area contributed by atoms with E-state index in [-0.39, 0.29) is 5.91 Å². The molecule has 0 bridgehead atoms. The van der Waals surface area contributed by atoms with Gasteiger partial charge in [0.25, 0.3) is 0 Å². The zero-order valence-electron chi connectivity index (χ0n) is 11.7. The Labute approximate surface area is 114 Å². The molecule has 0 aliphatic rings. The van der Waals surface area contributed by atoms with Crippen molar-refractivity contribution < 1.29 is 9.53 Å². The molecule has 1 aromatic heterocycles. The maximum absolute atomic E-state index is 11.4. The van der Waals surface area contributed by atoms with Gasteiger partial charge in [-0.3, -0.25) is 4.79 Å². The lowest BCUT2D eigenvalue weighted by Crippen LogP contribution is -2.26. The molecular weight excluding hydrogens is 242 g/mol. The quantitative estimate of drug-likeness (QED) is 0.718. The van der Waals surface area contributed by atoms with Crippen molar-refractivity contribution in [2.45, 2.75) is 33.1 Å². The topological polar surface area (TPSA) is 63.2 Å². The number of carbonyl (C=O) groups is 1. The van der Waals surface area contributed by atoms with Gasteiger partial charge >= 0.3 is 0 Å². The number of aromatic nitrogens is 1. The van der Waals surface area contributed by atoms with Crippen LogP contribution in [0, 0.1) is 0 Å². The summed E-state index contributed by atoms with van der Waals surface area (Å²) in [5.74, 6) is 1.49. The van der Waals surface area contributed by atoms with Crippen LogP contribution in [0.1, 0.15) is 33.1 Å². The van der Waals surface area contributed by atoms with Crippen molar-refractivity contribution in [3.63, 3.8) is 0 Å². The van der Waals surface area contributed by atoms with Crippen molar-refractivity contribution in [1.82, 2.24) is 10.3 Å². The second-order valence-corrected chi connectivity index (χ2v) is 4.23. The fourth-order valence-corrected chi connectivity index (χ4v) is 1.50. The van der Waals surface area contributed by atoms with Gasteiger partial charge in [0.05, 0.1) is 6.61 Å². The van der Waals surface area contributed by atoms with E-state index in [1.54, 1.807) is 6.20 Å². The largest absolute Gasteiger partial charge is 0.490 e. The number of pyridine rings is 1. The maximum atomic E-state index is 11.4. The average Bonchev–Trinajstić information content (AvgIpc) is 2.44. The first-order valence-electron chi connectivity index (χ1n) is 6.86. The van der Waals surface area contributed by atoms with Crippen LogP contribution in [0.2, 0.25) is 0 Å². The van der Waals surface area contributed by atoms with Gasteiger partial charge in [0.2, 0.25) is 5.91 Å².